The van der Waals surface area contributed by atoms with Crippen LogP contribution < -0.4 is 0 Å². The number of carbonyl (C=O) groups excluding carboxylic acids is 1. The van der Waals surface area contributed by atoms with Crippen LogP contribution in [0.1, 0.15) is 62.6 Å². The molecule has 6 heteroatoms. The standard InChI is InChI=1S/C25H28N4OS/c1-18(2)29-21-9-4-3-8-20(21)26-25(29)22-10-7-14-28(22)24(30)16-23(19-11-15-31-17-19)27-12-5-6-13-27/h3-6,8-9,11-13,15,17-18,22-23H,7,10,14,16H2,1-2H3/t22-,23?/m0/s1. The highest BCUT2D eigenvalue weighted by Crippen LogP contribution is 2.36. The Morgan fingerprint density at radius 2 is 1.97 bits per heavy atom. The Balaban J connectivity index is 1.46. The van der Waals surface area contributed by atoms with E-state index in [0.717, 1.165) is 36.2 Å². The minimum atomic E-state index is 0.0268. The van der Waals surface area contributed by atoms with Crippen molar-refractivity contribution in [3.63, 3.8) is 0 Å². The van der Waals surface area contributed by atoms with Crippen molar-refractivity contribution in [1.82, 2.24) is 19.0 Å². The van der Waals surface area contributed by atoms with E-state index in [1.165, 1.54) is 5.56 Å². The molecule has 0 spiro atoms. The highest BCUT2D eigenvalue weighted by molar-refractivity contribution is 7.08. The van der Waals surface area contributed by atoms with Crippen LogP contribution in [0.3, 0.4) is 0 Å². The average molecular weight is 433 g/mol. The number of amides is 1. The molecule has 1 saturated heterocycles. The molecule has 5 nitrogen and oxygen atoms in total. The van der Waals surface area contributed by atoms with Gasteiger partial charge in [0, 0.05) is 25.0 Å². The van der Waals surface area contributed by atoms with E-state index in [1.807, 2.05) is 18.2 Å². The van der Waals surface area contributed by atoms with Crippen LogP contribution in [0.5, 0.6) is 0 Å². The molecule has 1 unspecified atom stereocenters. The van der Waals surface area contributed by atoms with E-state index in [2.05, 4.69) is 75.3 Å². The Hall–Kier alpha value is -2.86. The fourth-order valence-electron chi connectivity index (χ4n) is 4.87. The lowest BCUT2D eigenvalue weighted by Gasteiger charge is -2.28. The lowest BCUT2D eigenvalue weighted by Crippen LogP contribution is -2.34. The van der Waals surface area contributed by atoms with Crippen molar-refractivity contribution in [3.05, 3.63) is 77.0 Å². The number of thiophene rings is 1. The van der Waals surface area contributed by atoms with Crippen LogP contribution in [0.4, 0.5) is 0 Å². The fraction of sp³-hybridized carbons (Fsp3) is 0.360. The van der Waals surface area contributed by atoms with Gasteiger partial charge in [-0.1, -0.05) is 12.1 Å². The molecule has 2 atom stereocenters. The number of benzene rings is 1. The first-order valence-corrected chi connectivity index (χ1v) is 12.0. The summed E-state index contributed by atoms with van der Waals surface area (Å²) in [5, 5.41) is 4.23. The second kappa shape index (κ2) is 8.35. The monoisotopic (exact) mass is 432 g/mol. The van der Waals surface area contributed by atoms with Crippen molar-refractivity contribution in [2.24, 2.45) is 0 Å². The summed E-state index contributed by atoms with van der Waals surface area (Å²) in [6.45, 7) is 5.18. The number of imidazole rings is 1. The second-order valence-corrected chi connectivity index (χ2v) is 9.35. The summed E-state index contributed by atoms with van der Waals surface area (Å²) in [5.41, 5.74) is 3.35. The predicted molar refractivity (Wildman–Crippen MR) is 125 cm³/mol. The summed E-state index contributed by atoms with van der Waals surface area (Å²) >= 11 is 1.68. The van der Waals surface area contributed by atoms with E-state index < -0.39 is 0 Å². The molecule has 3 aromatic heterocycles. The molecule has 0 aliphatic carbocycles. The Morgan fingerprint density at radius 3 is 2.71 bits per heavy atom. The summed E-state index contributed by atoms with van der Waals surface area (Å²) < 4.78 is 4.46. The van der Waals surface area contributed by atoms with E-state index >= 15 is 0 Å². The number of hydrogen-bond acceptors (Lipinski definition) is 3. The first-order chi connectivity index (χ1) is 15.1. The Bertz CT molecular complexity index is 1130. The van der Waals surface area contributed by atoms with Crippen LogP contribution in [0.2, 0.25) is 0 Å². The molecule has 0 saturated carbocycles. The summed E-state index contributed by atoms with van der Waals surface area (Å²) in [7, 11) is 0. The van der Waals surface area contributed by atoms with E-state index in [4.69, 9.17) is 4.98 Å². The SMILES string of the molecule is CC(C)n1c([C@@H]2CCCN2C(=O)CC(c2ccsc2)n2cccc2)nc2ccccc21. The normalized spacial score (nSPS) is 17.6. The maximum Gasteiger partial charge on any atom is 0.225 e. The van der Waals surface area contributed by atoms with Crippen molar-refractivity contribution < 1.29 is 4.79 Å². The number of hydrogen-bond donors (Lipinski definition) is 0. The molecule has 0 bridgehead atoms. The van der Waals surface area contributed by atoms with Crippen LogP contribution >= 0.6 is 11.3 Å². The molecule has 1 aliphatic rings. The molecule has 1 aliphatic heterocycles. The third-order valence-electron chi connectivity index (χ3n) is 6.29. The van der Waals surface area contributed by atoms with E-state index in [0.29, 0.717) is 12.5 Å². The number of nitrogens with zero attached hydrogens (tertiary/aromatic N) is 4. The Morgan fingerprint density at radius 1 is 1.16 bits per heavy atom. The molecule has 31 heavy (non-hydrogen) atoms. The van der Waals surface area contributed by atoms with Gasteiger partial charge in [-0.3, -0.25) is 4.79 Å². The minimum absolute atomic E-state index is 0.0268. The van der Waals surface area contributed by atoms with Gasteiger partial charge in [-0.05, 0) is 73.3 Å². The zero-order valence-electron chi connectivity index (χ0n) is 18.0. The number of carbonyl (C=O) groups is 1. The first kappa shape index (κ1) is 20.1. The van der Waals surface area contributed by atoms with Gasteiger partial charge in [0.1, 0.15) is 5.82 Å². The van der Waals surface area contributed by atoms with Crippen molar-refractivity contribution in [1.29, 1.82) is 0 Å². The predicted octanol–water partition coefficient (Wildman–Crippen LogP) is 5.82. The van der Waals surface area contributed by atoms with Crippen LogP contribution in [-0.2, 0) is 4.79 Å². The van der Waals surface area contributed by atoms with Crippen molar-refractivity contribution in [3.8, 4) is 0 Å². The van der Waals surface area contributed by atoms with Crippen LogP contribution in [0.15, 0.2) is 65.6 Å². The van der Waals surface area contributed by atoms with Gasteiger partial charge >= 0.3 is 0 Å². The van der Waals surface area contributed by atoms with Gasteiger partial charge < -0.3 is 14.0 Å². The number of likely N-dealkylation sites (tertiary alicyclic amines) is 1. The maximum absolute atomic E-state index is 13.6. The molecule has 5 rings (SSSR count). The maximum atomic E-state index is 13.6. The molecule has 4 heterocycles. The average Bonchev–Trinajstić information content (AvgIpc) is 3.56. The van der Waals surface area contributed by atoms with Gasteiger partial charge in [-0.15, -0.1) is 0 Å². The van der Waals surface area contributed by atoms with Crippen molar-refractivity contribution >= 4 is 28.3 Å². The highest BCUT2D eigenvalue weighted by atomic mass is 32.1. The first-order valence-electron chi connectivity index (χ1n) is 11.0. The van der Waals surface area contributed by atoms with E-state index in [1.54, 1.807) is 11.3 Å². The van der Waals surface area contributed by atoms with Crippen molar-refractivity contribution in [2.45, 2.75) is 51.2 Å². The quantitative estimate of drug-likeness (QED) is 0.385. The molecule has 1 aromatic carbocycles. The summed E-state index contributed by atoms with van der Waals surface area (Å²) in [5.74, 6) is 1.23. The van der Waals surface area contributed by atoms with Gasteiger partial charge in [0.2, 0.25) is 5.91 Å². The van der Waals surface area contributed by atoms with Gasteiger partial charge in [0.25, 0.3) is 0 Å². The largest absolute Gasteiger partial charge is 0.346 e. The van der Waals surface area contributed by atoms with E-state index in [9.17, 15) is 4.79 Å². The van der Waals surface area contributed by atoms with Crippen molar-refractivity contribution in [2.75, 3.05) is 6.54 Å². The highest BCUT2D eigenvalue weighted by Gasteiger charge is 2.35. The minimum Gasteiger partial charge on any atom is -0.346 e. The molecule has 1 fully saturated rings. The smallest absolute Gasteiger partial charge is 0.225 e. The molecule has 1 amide bonds. The van der Waals surface area contributed by atoms with E-state index in [-0.39, 0.29) is 18.0 Å². The molecule has 4 aromatic rings. The number of rotatable bonds is 6. The van der Waals surface area contributed by atoms with Gasteiger partial charge in [0.15, 0.2) is 0 Å². The fourth-order valence-corrected chi connectivity index (χ4v) is 5.58. The number of fused-ring (bicyclic) bond motifs is 1. The number of para-hydroxylation sites is 2. The Kier molecular flexibility index (Phi) is 5.40. The zero-order chi connectivity index (χ0) is 21.4. The third kappa shape index (κ3) is 3.69. The molecule has 0 N–H and O–H groups in total. The second-order valence-electron chi connectivity index (χ2n) is 8.57. The summed E-state index contributed by atoms with van der Waals surface area (Å²) in [6.07, 6.45) is 6.55. The van der Waals surface area contributed by atoms with Gasteiger partial charge in [-0.2, -0.15) is 11.3 Å². The lowest BCUT2D eigenvalue weighted by atomic mass is 10.1. The molecular formula is C25H28N4OS. The summed E-state index contributed by atoms with van der Waals surface area (Å²) in [4.78, 5) is 20.7. The zero-order valence-corrected chi connectivity index (χ0v) is 18.8. The number of aromatic nitrogens is 3. The molecule has 0 radical (unpaired) electrons. The van der Waals surface area contributed by atoms with Crippen LogP contribution in [-0.4, -0.2) is 31.5 Å². The lowest BCUT2D eigenvalue weighted by molar-refractivity contribution is -0.132. The third-order valence-corrected chi connectivity index (χ3v) is 7.00. The van der Waals surface area contributed by atoms with Gasteiger partial charge in [0.05, 0.1) is 29.5 Å². The Labute approximate surface area is 186 Å². The van der Waals surface area contributed by atoms with Gasteiger partial charge in [-0.25, -0.2) is 4.98 Å². The summed E-state index contributed by atoms with van der Waals surface area (Å²) in [6, 6.07) is 14.8. The topological polar surface area (TPSA) is 43.1 Å². The molecule has 160 valence electrons. The van der Waals surface area contributed by atoms with Crippen LogP contribution in [0.25, 0.3) is 11.0 Å². The molecular weight excluding hydrogens is 404 g/mol. The van der Waals surface area contributed by atoms with Crippen LogP contribution in [0, 0.1) is 0 Å².